The molecule has 76 valence electrons. The van der Waals surface area contributed by atoms with Crippen LogP contribution in [-0.4, -0.2) is 4.57 Å². The van der Waals surface area contributed by atoms with Crippen LogP contribution in [0.1, 0.15) is 5.56 Å². The maximum atomic E-state index is 12.0. The molecule has 0 spiro atoms. The Labute approximate surface area is 88.5 Å². The van der Waals surface area contributed by atoms with E-state index in [4.69, 9.17) is 0 Å². The summed E-state index contributed by atoms with van der Waals surface area (Å²) in [6.45, 7) is 6.22. The minimum absolute atomic E-state index is 0.0519. The molecule has 0 aliphatic heterocycles. The lowest BCUT2D eigenvalue weighted by atomic mass is 10.1. The van der Waals surface area contributed by atoms with E-state index in [2.05, 4.69) is 6.58 Å². The molecule has 2 aromatic rings. The lowest BCUT2D eigenvalue weighted by molar-refractivity contribution is 0.785. The highest BCUT2D eigenvalue weighted by Crippen LogP contribution is 2.13. The molecular weight excluding hydrogens is 186 g/mol. The molecule has 0 aliphatic carbocycles. The van der Waals surface area contributed by atoms with E-state index in [9.17, 15) is 4.79 Å². The molecule has 0 radical (unpaired) electrons. The van der Waals surface area contributed by atoms with Crippen LogP contribution in [0, 0.1) is 6.92 Å². The molecular formula is C13H13NO. The summed E-state index contributed by atoms with van der Waals surface area (Å²) in [6, 6.07) is 7.68. The second-order valence-electron chi connectivity index (χ2n) is 3.60. The summed E-state index contributed by atoms with van der Waals surface area (Å²) in [7, 11) is 0. The van der Waals surface area contributed by atoms with Gasteiger partial charge in [0.15, 0.2) is 0 Å². The highest BCUT2D eigenvalue weighted by atomic mass is 16.1. The van der Waals surface area contributed by atoms with Crippen LogP contribution in [0.15, 0.2) is 47.9 Å². The van der Waals surface area contributed by atoms with E-state index in [0.29, 0.717) is 6.54 Å². The Hall–Kier alpha value is -1.83. The number of fused-ring (bicyclic) bond motifs is 1. The monoisotopic (exact) mass is 199 g/mol. The van der Waals surface area contributed by atoms with Gasteiger partial charge in [-0.05, 0) is 23.9 Å². The predicted octanol–water partition coefficient (Wildman–Crippen LogP) is 2.50. The van der Waals surface area contributed by atoms with Gasteiger partial charge in [0.2, 0.25) is 0 Å². The summed E-state index contributed by atoms with van der Waals surface area (Å²) in [5, 5.41) is 1.81. The Bertz CT molecular complexity index is 566. The van der Waals surface area contributed by atoms with E-state index in [0.717, 1.165) is 16.3 Å². The van der Waals surface area contributed by atoms with Crippen molar-refractivity contribution in [3.05, 3.63) is 59.0 Å². The lowest BCUT2D eigenvalue weighted by Crippen LogP contribution is -2.19. The van der Waals surface area contributed by atoms with Crippen LogP contribution in [0.2, 0.25) is 0 Å². The van der Waals surface area contributed by atoms with Gasteiger partial charge in [-0.15, -0.1) is 6.58 Å². The van der Waals surface area contributed by atoms with Crippen LogP contribution in [0.25, 0.3) is 10.8 Å². The van der Waals surface area contributed by atoms with Crippen LogP contribution < -0.4 is 5.56 Å². The smallest absolute Gasteiger partial charge is 0.258 e. The average Bonchev–Trinajstić information content (AvgIpc) is 2.26. The van der Waals surface area contributed by atoms with Gasteiger partial charge < -0.3 is 4.57 Å². The highest BCUT2D eigenvalue weighted by molar-refractivity contribution is 5.84. The number of pyridine rings is 1. The second-order valence-corrected chi connectivity index (χ2v) is 3.60. The lowest BCUT2D eigenvalue weighted by Gasteiger charge is -2.07. The van der Waals surface area contributed by atoms with Crippen molar-refractivity contribution < 1.29 is 0 Å². The maximum absolute atomic E-state index is 12.0. The van der Waals surface area contributed by atoms with Crippen molar-refractivity contribution >= 4 is 10.8 Å². The standard InChI is InChI=1S/C13H13NO/c1-3-8-14-9-10(2)11-6-4-5-7-12(11)13(14)15/h3-7,9H,1,8H2,2H3. The Morgan fingerprint density at radius 3 is 2.67 bits per heavy atom. The van der Waals surface area contributed by atoms with Crippen LogP contribution in [0.5, 0.6) is 0 Å². The molecule has 0 bridgehead atoms. The first-order chi connectivity index (χ1) is 7.24. The Kier molecular flexibility index (Phi) is 2.42. The fraction of sp³-hybridized carbons (Fsp3) is 0.154. The number of aryl methyl sites for hydroxylation is 1. The fourth-order valence-corrected chi connectivity index (χ4v) is 1.80. The molecule has 0 saturated carbocycles. The molecule has 0 atom stereocenters. The van der Waals surface area contributed by atoms with Crippen molar-refractivity contribution in [2.24, 2.45) is 0 Å². The predicted molar refractivity (Wildman–Crippen MR) is 63.1 cm³/mol. The molecule has 1 heterocycles. The third kappa shape index (κ3) is 1.59. The van der Waals surface area contributed by atoms with Gasteiger partial charge >= 0.3 is 0 Å². The molecule has 0 unspecified atom stereocenters. The van der Waals surface area contributed by atoms with E-state index in [1.165, 1.54) is 0 Å². The van der Waals surface area contributed by atoms with Crippen LogP contribution >= 0.6 is 0 Å². The Morgan fingerprint density at radius 1 is 1.33 bits per heavy atom. The van der Waals surface area contributed by atoms with Crippen molar-refractivity contribution in [2.75, 3.05) is 0 Å². The summed E-state index contributed by atoms with van der Waals surface area (Å²) < 4.78 is 1.69. The summed E-state index contributed by atoms with van der Waals surface area (Å²) in [6.07, 6.45) is 3.61. The number of allylic oxidation sites excluding steroid dienone is 1. The summed E-state index contributed by atoms with van der Waals surface area (Å²) in [5.41, 5.74) is 1.17. The second kappa shape index (κ2) is 3.73. The van der Waals surface area contributed by atoms with Crippen molar-refractivity contribution in [3.63, 3.8) is 0 Å². The molecule has 0 amide bonds. The van der Waals surface area contributed by atoms with Gasteiger partial charge in [-0.2, -0.15) is 0 Å². The number of hydrogen-bond donors (Lipinski definition) is 0. The average molecular weight is 199 g/mol. The first-order valence-corrected chi connectivity index (χ1v) is 4.93. The fourth-order valence-electron chi connectivity index (χ4n) is 1.80. The van der Waals surface area contributed by atoms with Crippen LogP contribution in [0.3, 0.4) is 0 Å². The van der Waals surface area contributed by atoms with Crippen molar-refractivity contribution in [2.45, 2.75) is 13.5 Å². The number of nitrogens with zero attached hydrogens (tertiary/aromatic N) is 1. The third-order valence-corrected chi connectivity index (χ3v) is 2.52. The summed E-state index contributed by atoms with van der Waals surface area (Å²) >= 11 is 0. The number of aromatic nitrogens is 1. The third-order valence-electron chi connectivity index (χ3n) is 2.52. The number of hydrogen-bond acceptors (Lipinski definition) is 1. The highest BCUT2D eigenvalue weighted by Gasteiger charge is 2.03. The van der Waals surface area contributed by atoms with E-state index < -0.39 is 0 Å². The van der Waals surface area contributed by atoms with Crippen LogP contribution in [0.4, 0.5) is 0 Å². The molecule has 1 aromatic heterocycles. The molecule has 2 nitrogen and oxygen atoms in total. The first kappa shape index (κ1) is 9.71. The molecule has 15 heavy (non-hydrogen) atoms. The molecule has 0 aliphatic rings. The summed E-state index contributed by atoms with van der Waals surface area (Å²) in [5.74, 6) is 0. The first-order valence-electron chi connectivity index (χ1n) is 4.93. The van der Waals surface area contributed by atoms with Gasteiger partial charge in [-0.25, -0.2) is 0 Å². The normalized spacial score (nSPS) is 10.5. The van der Waals surface area contributed by atoms with Crippen molar-refractivity contribution in [1.82, 2.24) is 4.57 Å². The molecule has 0 fully saturated rings. The molecule has 0 saturated heterocycles. The zero-order valence-electron chi connectivity index (χ0n) is 8.73. The van der Waals surface area contributed by atoms with Gasteiger partial charge in [0.25, 0.3) is 5.56 Å². The van der Waals surface area contributed by atoms with Crippen LogP contribution in [-0.2, 0) is 6.54 Å². The quantitative estimate of drug-likeness (QED) is 0.681. The molecule has 0 N–H and O–H groups in total. The van der Waals surface area contributed by atoms with Gasteiger partial charge in [-0.3, -0.25) is 4.79 Å². The maximum Gasteiger partial charge on any atom is 0.258 e. The number of rotatable bonds is 2. The van der Waals surface area contributed by atoms with Crippen molar-refractivity contribution in [1.29, 1.82) is 0 Å². The van der Waals surface area contributed by atoms with E-state index in [1.54, 1.807) is 10.6 Å². The Balaban J connectivity index is 2.84. The molecule has 2 rings (SSSR count). The van der Waals surface area contributed by atoms with Gasteiger partial charge in [0.05, 0.1) is 0 Å². The van der Waals surface area contributed by atoms with Crippen molar-refractivity contribution in [3.8, 4) is 0 Å². The minimum Gasteiger partial charge on any atom is -0.311 e. The zero-order valence-corrected chi connectivity index (χ0v) is 8.73. The Morgan fingerprint density at radius 2 is 2.00 bits per heavy atom. The SMILES string of the molecule is C=CCn1cc(C)c2ccccc2c1=O. The minimum atomic E-state index is 0.0519. The van der Waals surface area contributed by atoms with E-state index >= 15 is 0 Å². The zero-order chi connectivity index (χ0) is 10.8. The number of benzene rings is 1. The largest absolute Gasteiger partial charge is 0.311 e. The van der Waals surface area contributed by atoms with Gasteiger partial charge in [-0.1, -0.05) is 24.3 Å². The molecule has 1 aromatic carbocycles. The van der Waals surface area contributed by atoms with Gasteiger partial charge in [0.1, 0.15) is 0 Å². The topological polar surface area (TPSA) is 22.0 Å². The van der Waals surface area contributed by atoms with E-state index in [1.807, 2.05) is 37.4 Å². The van der Waals surface area contributed by atoms with E-state index in [-0.39, 0.29) is 5.56 Å². The molecule has 2 heteroatoms. The van der Waals surface area contributed by atoms with Gasteiger partial charge in [0, 0.05) is 18.1 Å². The summed E-state index contributed by atoms with van der Waals surface area (Å²) in [4.78, 5) is 12.0.